The number of hydrogen-bond acceptors (Lipinski definition) is 4. The molecule has 3 aromatic carbocycles. The van der Waals surface area contributed by atoms with Gasteiger partial charge in [0.05, 0.1) is 15.9 Å². The van der Waals surface area contributed by atoms with Gasteiger partial charge in [0.25, 0.3) is 0 Å². The van der Waals surface area contributed by atoms with Gasteiger partial charge in [0, 0.05) is 44.9 Å². The Morgan fingerprint density at radius 2 is 1.71 bits per heavy atom. The summed E-state index contributed by atoms with van der Waals surface area (Å²) in [6, 6.07) is 18.6. The van der Waals surface area contributed by atoms with Crippen molar-refractivity contribution >= 4 is 54.2 Å². The van der Waals surface area contributed by atoms with E-state index < -0.39 is 9.84 Å². The fourth-order valence-corrected chi connectivity index (χ4v) is 7.35. The zero-order valence-corrected chi connectivity index (χ0v) is 21.5. The summed E-state index contributed by atoms with van der Waals surface area (Å²) in [7, 11) is -3.82. The van der Waals surface area contributed by atoms with Gasteiger partial charge in [0.15, 0.2) is 5.03 Å². The number of nitrogens with one attached hydrogen (secondary N) is 1. The van der Waals surface area contributed by atoms with E-state index in [1.54, 1.807) is 42.5 Å². The Bertz CT molecular complexity index is 1660. The Balaban J connectivity index is 1.64. The summed E-state index contributed by atoms with van der Waals surface area (Å²) < 4.78 is 49.4. The standard InChI is InChI=1S/C26H21FIN3O3S/c27-17-6-8-18(9-7-17)31-23-15-20-22(14-21(23)24(28)25(31)16-10-12-34-13-11-16)29-30-26(20)35(32,33)19-4-2-1-3-5-19/h1-9,14-16H,10-13H2,(H,29,30). The van der Waals surface area contributed by atoms with Crippen molar-refractivity contribution in [3.05, 3.63) is 81.8 Å². The van der Waals surface area contributed by atoms with Crippen LogP contribution in [0.25, 0.3) is 27.5 Å². The predicted octanol–water partition coefficient (Wildman–Crippen LogP) is 5.98. The number of H-pyrrole nitrogens is 1. The molecular formula is C26H21FIN3O3S. The number of hydrogen-bond donors (Lipinski definition) is 1. The van der Waals surface area contributed by atoms with E-state index in [2.05, 4.69) is 37.4 Å². The highest BCUT2D eigenvalue weighted by atomic mass is 127. The average molecular weight is 601 g/mol. The highest BCUT2D eigenvalue weighted by Gasteiger charge is 2.29. The number of sulfone groups is 1. The smallest absolute Gasteiger partial charge is 0.226 e. The molecular weight excluding hydrogens is 580 g/mol. The van der Waals surface area contributed by atoms with Crippen molar-refractivity contribution in [2.24, 2.45) is 0 Å². The molecule has 0 bridgehead atoms. The minimum atomic E-state index is -3.82. The Hall–Kier alpha value is -2.76. The second kappa shape index (κ2) is 8.72. The van der Waals surface area contributed by atoms with Crippen molar-refractivity contribution in [1.82, 2.24) is 14.8 Å². The van der Waals surface area contributed by atoms with Gasteiger partial charge in [-0.05, 0) is 84.0 Å². The van der Waals surface area contributed by atoms with Gasteiger partial charge < -0.3 is 9.30 Å². The highest BCUT2D eigenvalue weighted by molar-refractivity contribution is 14.1. The molecule has 0 amide bonds. The first-order chi connectivity index (χ1) is 16.9. The normalized spacial score (nSPS) is 15.3. The van der Waals surface area contributed by atoms with Crippen molar-refractivity contribution in [3.8, 4) is 5.69 Å². The topological polar surface area (TPSA) is 77.0 Å². The van der Waals surface area contributed by atoms with Gasteiger partial charge in [0.2, 0.25) is 9.84 Å². The first-order valence-electron chi connectivity index (χ1n) is 11.3. The van der Waals surface area contributed by atoms with Gasteiger partial charge in [-0.1, -0.05) is 18.2 Å². The summed E-state index contributed by atoms with van der Waals surface area (Å²) in [5.74, 6) is -0.0296. The van der Waals surface area contributed by atoms with E-state index >= 15 is 0 Å². The van der Waals surface area contributed by atoms with Crippen LogP contribution in [0.5, 0.6) is 0 Å². The Labute approximate surface area is 215 Å². The number of fused-ring (bicyclic) bond motifs is 2. The summed E-state index contributed by atoms with van der Waals surface area (Å²) in [5.41, 5.74) is 3.49. The molecule has 6 nitrogen and oxygen atoms in total. The number of nitrogens with zero attached hydrogens (tertiary/aromatic N) is 2. The SMILES string of the molecule is O=S(=O)(c1ccccc1)c1n[nH]c2cc3c(I)c(C4CCOCC4)n(-c4ccc(F)cc4)c3cc12. The molecule has 0 unspecified atom stereocenters. The van der Waals surface area contributed by atoms with Crippen molar-refractivity contribution in [3.63, 3.8) is 0 Å². The third-order valence-corrected chi connectivity index (χ3v) is 9.43. The zero-order valence-electron chi connectivity index (χ0n) is 18.5. The van der Waals surface area contributed by atoms with Crippen LogP contribution >= 0.6 is 22.6 Å². The molecule has 1 fully saturated rings. The van der Waals surface area contributed by atoms with Gasteiger partial charge in [-0.25, -0.2) is 12.8 Å². The second-order valence-corrected chi connectivity index (χ2v) is 11.6. The van der Waals surface area contributed by atoms with Crippen LogP contribution in [0.15, 0.2) is 76.7 Å². The number of aromatic amines is 1. The number of ether oxygens (including phenoxy) is 1. The van der Waals surface area contributed by atoms with Crippen molar-refractivity contribution in [2.75, 3.05) is 13.2 Å². The summed E-state index contributed by atoms with van der Waals surface area (Å²) in [6.07, 6.45) is 1.78. The molecule has 1 aliphatic rings. The number of aromatic nitrogens is 3. The lowest BCUT2D eigenvalue weighted by atomic mass is 9.96. The van der Waals surface area contributed by atoms with Crippen molar-refractivity contribution < 1.29 is 17.5 Å². The third kappa shape index (κ3) is 3.76. The monoisotopic (exact) mass is 601 g/mol. The van der Waals surface area contributed by atoms with E-state index in [1.807, 2.05) is 12.1 Å². The molecule has 35 heavy (non-hydrogen) atoms. The van der Waals surface area contributed by atoms with Crippen LogP contribution in [0.2, 0.25) is 0 Å². The molecule has 0 radical (unpaired) electrons. The molecule has 5 aromatic rings. The predicted molar refractivity (Wildman–Crippen MR) is 140 cm³/mol. The van der Waals surface area contributed by atoms with Gasteiger partial charge >= 0.3 is 0 Å². The van der Waals surface area contributed by atoms with E-state index in [0.29, 0.717) is 24.1 Å². The van der Waals surface area contributed by atoms with Crippen LogP contribution in [-0.4, -0.2) is 36.4 Å². The van der Waals surface area contributed by atoms with E-state index in [4.69, 9.17) is 4.74 Å². The third-order valence-electron chi connectivity index (χ3n) is 6.59. The first kappa shape index (κ1) is 22.7. The van der Waals surface area contributed by atoms with Crippen LogP contribution in [-0.2, 0) is 14.6 Å². The van der Waals surface area contributed by atoms with Gasteiger partial charge in [-0.15, -0.1) is 0 Å². The Morgan fingerprint density at radius 1 is 1.00 bits per heavy atom. The number of benzene rings is 3. The van der Waals surface area contributed by atoms with Crippen LogP contribution in [0.1, 0.15) is 24.5 Å². The van der Waals surface area contributed by atoms with E-state index in [0.717, 1.165) is 38.7 Å². The molecule has 2 aromatic heterocycles. The van der Waals surface area contributed by atoms with Crippen molar-refractivity contribution in [2.45, 2.75) is 28.7 Å². The lowest BCUT2D eigenvalue weighted by Gasteiger charge is -2.24. The molecule has 0 aliphatic carbocycles. The lowest BCUT2D eigenvalue weighted by molar-refractivity contribution is 0.0841. The van der Waals surface area contributed by atoms with Gasteiger partial charge in [-0.3, -0.25) is 5.10 Å². The summed E-state index contributed by atoms with van der Waals surface area (Å²) >= 11 is 2.37. The molecule has 0 spiro atoms. The fourth-order valence-electron chi connectivity index (χ4n) is 4.87. The molecule has 3 heterocycles. The van der Waals surface area contributed by atoms with Crippen molar-refractivity contribution in [1.29, 1.82) is 0 Å². The summed E-state index contributed by atoms with van der Waals surface area (Å²) in [4.78, 5) is 0.194. The lowest BCUT2D eigenvalue weighted by Crippen LogP contribution is -2.17. The van der Waals surface area contributed by atoms with Gasteiger partial charge in [-0.2, -0.15) is 5.10 Å². The minimum absolute atomic E-state index is 0.00455. The molecule has 1 N–H and O–H groups in total. The maximum absolute atomic E-state index is 13.8. The molecule has 1 aliphatic heterocycles. The Kier molecular flexibility index (Phi) is 5.65. The second-order valence-electron chi connectivity index (χ2n) is 8.66. The molecule has 0 atom stereocenters. The first-order valence-corrected chi connectivity index (χ1v) is 13.9. The van der Waals surface area contributed by atoms with Gasteiger partial charge in [0.1, 0.15) is 5.82 Å². The Morgan fingerprint density at radius 3 is 2.43 bits per heavy atom. The highest BCUT2D eigenvalue weighted by Crippen LogP contribution is 2.41. The fraction of sp³-hybridized carbons (Fsp3) is 0.192. The molecule has 9 heteroatoms. The molecule has 0 saturated carbocycles. The summed E-state index contributed by atoms with van der Waals surface area (Å²) in [5, 5.41) is 8.66. The van der Waals surface area contributed by atoms with Crippen LogP contribution in [0, 0.1) is 9.39 Å². The van der Waals surface area contributed by atoms with E-state index in [9.17, 15) is 12.8 Å². The maximum atomic E-state index is 13.8. The van der Waals surface area contributed by atoms with E-state index in [1.165, 1.54) is 12.1 Å². The van der Waals surface area contributed by atoms with Crippen LogP contribution in [0.4, 0.5) is 4.39 Å². The molecule has 6 rings (SSSR count). The van der Waals surface area contributed by atoms with Crippen LogP contribution < -0.4 is 0 Å². The number of halogens is 2. The molecule has 178 valence electrons. The average Bonchev–Trinajstić information content (AvgIpc) is 3.43. The molecule has 1 saturated heterocycles. The maximum Gasteiger partial charge on any atom is 0.226 e. The summed E-state index contributed by atoms with van der Waals surface area (Å²) in [6.45, 7) is 1.38. The number of rotatable bonds is 4. The zero-order chi connectivity index (χ0) is 24.2. The van der Waals surface area contributed by atoms with E-state index in [-0.39, 0.29) is 21.7 Å². The quantitative estimate of drug-likeness (QED) is 0.258. The van der Waals surface area contributed by atoms with Crippen LogP contribution in [0.3, 0.4) is 0 Å². The minimum Gasteiger partial charge on any atom is -0.381 e. The largest absolute Gasteiger partial charge is 0.381 e.